The lowest BCUT2D eigenvalue weighted by Gasteiger charge is -2.11. The molecule has 0 aromatic carbocycles. The first kappa shape index (κ1) is 10.0. The number of nitrogens with one attached hydrogen (secondary N) is 1. The number of imide groups is 1. The average molecular weight is 173 g/mol. The Labute approximate surface area is 68.4 Å². The van der Waals surface area contributed by atoms with Gasteiger partial charge >= 0.3 is 18.4 Å². The van der Waals surface area contributed by atoms with E-state index in [0.717, 1.165) is 7.11 Å². The molecule has 66 valence electrons. The van der Waals surface area contributed by atoms with E-state index in [1.165, 1.54) is 13.3 Å². The molecule has 7 heteroatoms. The Morgan fingerprint density at radius 3 is 2.58 bits per heavy atom. The van der Waals surface area contributed by atoms with Gasteiger partial charge in [0.25, 0.3) is 0 Å². The molecule has 0 bridgehead atoms. The molecule has 0 saturated heterocycles. The van der Waals surface area contributed by atoms with Crippen LogP contribution < -0.4 is 5.48 Å². The summed E-state index contributed by atoms with van der Waals surface area (Å²) in [6.45, 7) is 0. The molecule has 0 unspecified atom stereocenters. The number of hydroxylamine groups is 1. The van der Waals surface area contributed by atoms with Crippen LogP contribution in [0.1, 0.15) is 0 Å². The minimum Gasteiger partial charge on any atom is -0.452 e. The summed E-state index contributed by atoms with van der Waals surface area (Å²) < 4.78 is 4.20. The van der Waals surface area contributed by atoms with Crippen LogP contribution in [0, 0.1) is 11.5 Å². The average Bonchev–Trinajstić information content (AvgIpc) is 2.11. The van der Waals surface area contributed by atoms with Gasteiger partial charge in [-0.25, -0.2) is 14.5 Å². The molecule has 0 aliphatic carbocycles. The number of carbonyl (C=O) groups is 2. The third-order valence-electron chi connectivity index (χ3n) is 0.937. The highest BCUT2D eigenvalue weighted by molar-refractivity contribution is 5.89. The van der Waals surface area contributed by atoms with Crippen LogP contribution in [-0.2, 0) is 9.57 Å². The van der Waals surface area contributed by atoms with Crippen molar-refractivity contribution in [1.29, 1.82) is 5.26 Å². The highest BCUT2D eigenvalue weighted by Crippen LogP contribution is 1.88. The predicted octanol–water partition coefficient (Wildman–Crippen LogP) is -0.193. The van der Waals surface area contributed by atoms with Crippen LogP contribution in [0.5, 0.6) is 0 Å². The zero-order valence-electron chi connectivity index (χ0n) is 6.53. The third kappa shape index (κ3) is 2.74. The Hall–Kier alpha value is -1.97. The molecule has 1 N–H and O–H groups in total. The summed E-state index contributed by atoms with van der Waals surface area (Å²) >= 11 is 0. The van der Waals surface area contributed by atoms with Crippen molar-refractivity contribution in [2.24, 2.45) is 0 Å². The van der Waals surface area contributed by atoms with Crippen LogP contribution in [0.15, 0.2) is 0 Å². The van der Waals surface area contributed by atoms with Gasteiger partial charge in [0, 0.05) is 7.05 Å². The summed E-state index contributed by atoms with van der Waals surface area (Å²) in [5.74, 6) is 0. The van der Waals surface area contributed by atoms with E-state index in [4.69, 9.17) is 5.26 Å². The first-order valence-corrected chi connectivity index (χ1v) is 2.80. The van der Waals surface area contributed by atoms with Crippen LogP contribution in [-0.4, -0.2) is 31.2 Å². The van der Waals surface area contributed by atoms with E-state index in [1.54, 1.807) is 5.48 Å². The van der Waals surface area contributed by atoms with Gasteiger partial charge in [-0.2, -0.15) is 5.48 Å². The minimum atomic E-state index is -0.886. The first-order valence-electron chi connectivity index (χ1n) is 2.80. The molecule has 0 heterocycles. The number of rotatable bonds is 1. The summed E-state index contributed by atoms with van der Waals surface area (Å²) in [7, 11) is 2.29. The Bertz CT molecular complexity index is 221. The van der Waals surface area contributed by atoms with Crippen molar-refractivity contribution in [3.8, 4) is 6.26 Å². The van der Waals surface area contributed by atoms with Crippen molar-refractivity contribution in [2.45, 2.75) is 0 Å². The lowest BCUT2D eigenvalue weighted by molar-refractivity contribution is 0.110. The summed E-state index contributed by atoms with van der Waals surface area (Å²) in [6, 6.07) is -0.886. The lowest BCUT2D eigenvalue weighted by Crippen LogP contribution is -2.40. The zero-order valence-corrected chi connectivity index (χ0v) is 6.53. The van der Waals surface area contributed by atoms with E-state index >= 15 is 0 Å². The fourth-order valence-corrected chi connectivity index (χ4v) is 0.355. The summed E-state index contributed by atoms with van der Waals surface area (Å²) in [6.07, 6.45) is 0.347. The molecule has 7 nitrogen and oxygen atoms in total. The Morgan fingerprint density at radius 2 is 2.17 bits per heavy atom. The van der Waals surface area contributed by atoms with Crippen LogP contribution in [0.2, 0.25) is 0 Å². The topological polar surface area (TPSA) is 91.7 Å². The molecule has 0 fully saturated rings. The number of hydrogen-bond donors (Lipinski definition) is 1. The van der Waals surface area contributed by atoms with E-state index < -0.39 is 12.1 Å². The molecule has 0 aliphatic heterocycles. The largest absolute Gasteiger partial charge is 0.452 e. The number of carbonyl (C=O) groups excluding carboxylic acids is 2. The highest BCUT2D eigenvalue weighted by Gasteiger charge is 2.16. The Morgan fingerprint density at radius 1 is 1.58 bits per heavy atom. The van der Waals surface area contributed by atoms with Gasteiger partial charge < -0.3 is 4.74 Å². The molecule has 12 heavy (non-hydrogen) atoms. The van der Waals surface area contributed by atoms with E-state index in [1.807, 2.05) is 0 Å². The molecule has 0 atom stereocenters. The Balaban J connectivity index is 3.94. The quantitative estimate of drug-likeness (QED) is 0.438. The van der Waals surface area contributed by atoms with E-state index in [-0.39, 0.29) is 0 Å². The third-order valence-corrected chi connectivity index (χ3v) is 0.937. The number of urea groups is 1. The maximum atomic E-state index is 10.7. The van der Waals surface area contributed by atoms with Crippen LogP contribution in [0.4, 0.5) is 9.59 Å². The molecule has 0 aromatic rings. The number of hydrogen-bond acceptors (Lipinski definition) is 5. The van der Waals surface area contributed by atoms with E-state index in [9.17, 15) is 9.59 Å². The van der Waals surface area contributed by atoms with Gasteiger partial charge in [-0.15, -0.1) is 5.26 Å². The fraction of sp³-hybridized carbons (Fsp3) is 0.400. The molecular weight excluding hydrogens is 166 g/mol. The van der Waals surface area contributed by atoms with Gasteiger partial charge in [-0.3, -0.25) is 4.84 Å². The first-order chi connectivity index (χ1) is 5.63. The molecule has 0 spiro atoms. The maximum absolute atomic E-state index is 10.7. The van der Waals surface area contributed by atoms with Gasteiger partial charge in [-0.05, 0) is 0 Å². The van der Waals surface area contributed by atoms with E-state index in [2.05, 4.69) is 9.57 Å². The molecule has 0 aliphatic rings. The standard InChI is InChI=1S/C5H7N3O4/c1-8(5(10)11-2)4(9)7-12-3-6/h1-2H3,(H,7,9). The number of nitriles is 1. The van der Waals surface area contributed by atoms with Gasteiger partial charge in [0.05, 0.1) is 7.11 Å². The zero-order chi connectivity index (χ0) is 9.56. The predicted molar refractivity (Wildman–Crippen MR) is 35.4 cm³/mol. The summed E-state index contributed by atoms with van der Waals surface area (Å²) in [5.41, 5.74) is 1.67. The second kappa shape index (κ2) is 4.79. The van der Waals surface area contributed by atoms with Crippen molar-refractivity contribution in [2.75, 3.05) is 14.2 Å². The van der Waals surface area contributed by atoms with Gasteiger partial charge in [0.2, 0.25) is 0 Å². The molecule has 0 rings (SSSR count). The maximum Gasteiger partial charge on any atom is 0.417 e. The number of amides is 3. The monoisotopic (exact) mass is 173 g/mol. The smallest absolute Gasteiger partial charge is 0.417 e. The number of nitrogens with zero attached hydrogens (tertiary/aromatic N) is 2. The van der Waals surface area contributed by atoms with E-state index in [0.29, 0.717) is 4.90 Å². The molecule has 3 amide bonds. The second-order valence-corrected chi connectivity index (χ2v) is 1.63. The number of ether oxygens (including phenoxy) is 1. The van der Waals surface area contributed by atoms with Gasteiger partial charge in [0.1, 0.15) is 0 Å². The summed E-state index contributed by atoms with van der Waals surface area (Å²) in [4.78, 5) is 25.8. The molecule has 0 saturated carbocycles. The molecule has 0 radical (unpaired) electrons. The molecule has 0 aromatic heterocycles. The van der Waals surface area contributed by atoms with Gasteiger partial charge in [-0.1, -0.05) is 0 Å². The van der Waals surface area contributed by atoms with Crippen LogP contribution >= 0.6 is 0 Å². The van der Waals surface area contributed by atoms with Crippen molar-refractivity contribution in [1.82, 2.24) is 10.4 Å². The van der Waals surface area contributed by atoms with Crippen LogP contribution in [0.3, 0.4) is 0 Å². The number of methoxy groups -OCH3 is 1. The van der Waals surface area contributed by atoms with Crippen molar-refractivity contribution >= 4 is 12.1 Å². The van der Waals surface area contributed by atoms with Crippen molar-refractivity contribution in [3.05, 3.63) is 0 Å². The van der Waals surface area contributed by atoms with Gasteiger partial charge in [0.15, 0.2) is 0 Å². The lowest BCUT2D eigenvalue weighted by atomic mass is 10.8. The Kier molecular flexibility index (Phi) is 4.00. The highest BCUT2D eigenvalue weighted by atomic mass is 16.7. The van der Waals surface area contributed by atoms with Crippen molar-refractivity contribution < 1.29 is 19.2 Å². The van der Waals surface area contributed by atoms with Crippen molar-refractivity contribution in [3.63, 3.8) is 0 Å². The minimum absolute atomic E-state index is 0.608. The normalized spacial score (nSPS) is 7.75. The SMILES string of the molecule is COC(=O)N(C)C(=O)NOC#N. The fourth-order valence-electron chi connectivity index (χ4n) is 0.355. The van der Waals surface area contributed by atoms with Crippen LogP contribution in [0.25, 0.3) is 0 Å². The second-order valence-electron chi connectivity index (χ2n) is 1.63. The molecular formula is C5H7N3O4. The summed E-state index contributed by atoms with van der Waals surface area (Å²) in [5, 5.41) is 7.87.